The number of benzene rings is 1. The van der Waals surface area contributed by atoms with Gasteiger partial charge in [-0.25, -0.2) is 0 Å². The van der Waals surface area contributed by atoms with E-state index in [4.69, 9.17) is 11.0 Å². The second kappa shape index (κ2) is 4.89. The molecule has 0 unspecified atom stereocenters. The summed E-state index contributed by atoms with van der Waals surface area (Å²) in [4.78, 5) is 0. The van der Waals surface area contributed by atoms with Crippen LogP contribution in [0.15, 0.2) is 18.2 Å². The lowest BCUT2D eigenvalue weighted by molar-refractivity contribution is 0.755. The van der Waals surface area contributed by atoms with Gasteiger partial charge in [-0.3, -0.25) is 0 Å². The smallest absolute Gasteiger partial charge is 0.0670 e. The molecule has 16 heavy (non-hydrogen) atoms. The molecule has 0 heterocycles. The average molecular weight is 215 g/mol. The average Bonchev–Trinajstić information content (AvgIpc) is 2.76. The van der Waals surface area contributed by atoms with Gasteiger partial charge in [0.05, 0.1) is 12.5 Å². The van der Waals surface area contributed by atoms with Gasteiger partial charge in [0, 0.05) is 17.4 Å². The third-order valence-electron chi connectivity index (χ3n) is 3.14. The molecule has 0 aromatic heterocycles. The van der Waals surface area contributed by atoms with Crippen molar-refractivity contribution in [3.8, 4) is 6.07 Å². The van der Waals surface area contributed by atoms with Gasteiger partial charge in [-0.05, 0) is 36.6 Å². The Morgan fingerprint density at radius 3 is 2.81 bits per heavy atom. The van der Waals surface area contributed by atoms with Crippen molar-refractivity contribution in [2.75, 3.05) is 11.1 Å². The SMILES string of the molecule is N#CCc1cc(NC2CCCC2)ccc1N. The molecule has 0 radical (unpaired) electrons. The Kier molecular flexibility index (Phi) is 3.31. The number of nitrogens with one attached hydrogen (secondary N) is 1. The summed E-state index contributed by atoms with van der Waals surface area (Å²) in [5.74, 6) is 0. The van der Waals surface area contributed by atoms with Crippen LogP contribution >= 0.6 is 0 Å². The Balaban J connectivity index is 2.09. The first-order chi connectivity index (χ1) is 7.79. The molecule has 1 aliphatic carbocycles. The van der Waals surface area contributed by atoms with Gasteiger partial charge in [0.1, 0.15) is 0 Å². The minimum absolute atomic E-state index is 0.381. The van der Waals surface area contributed by atoms with Gasteiger partial charge in [0.25, 0.3) is 0 Å². The predicted octanol–water partition coefficient (Wildman–Crippen LogP) is 2.69. The number of hydrogen-bond acceptors (Lipinski definition) is 3. The summed E-state index contributed by atoms with van der Waals surface area (Å²) in [7, 11) is 0. The van der Waals surface area contributed by atoms with Crippen molar-refractivity contribution < 1.29 is 0 Å². The van der Waals surface area contributed by atoms with Crippen LogP contribution in [0.3, 0.4) is 0 Å². The molecule has 1 fully saturated rings. The lowest BCUT2D eigenvalue weighted by Crippen LogP contribution is -2.14. The summed E-state index contributed by atoms with van der Waals surface area (Å²) >= 11 is 0. The zero-order valence-electron chi connectivity index (χ0n) is 9.37. The first-order valence-corrected chi connectivity index (χ1v) is 5.81. The van der Waals surface area contributed by atoms with Gasteiger partial charge >= 0.3 is 0 Å². The lowest BCUT2D eigenvalue weighted by Gasteiger charge is -2.14. The number of rotatable bonds is 3. The van der Waals surface area contributed by atoms with Gasteiger partial charge in [0.2, 0.25) is 0 Å². The molecule has 2 rings (SSSR count). The van der Waals surface area contributed by atoms with Crippen LogP contribution in [0.1, 0.15) is 31.2 Å². The monoisotopic (exact) mass is 215 g/mol. The number of nitrogens with two attached hydrogens (primary N) is 1. The number of nitrogen functional groups attached to an aromatic ring is 1. The highest BCUT2D eigenvalue weighted by molar-refractivity contribution is 5.58. The predicted molar refractivity (Wildman–Crippen MR) is 66.1 cm³/mol. The maximum atomic E-state index is 8.69. The number of hydrogen-bond donors (Lipinski definition) is 2. The summed E-state index contributed by atoms with van der Waals surface area (Å²) in [6.45, 7) is 0. The molecule has 0 aliphatic heterocycles. The summed E-state index contributed by atoms with van der Waals surface area (Å²) in [6, 6.07) is 8.60. The highest BCUT2D eigenvalue weighted by Gasteiger charge is 2.14. The van der Waals surface area contributed by atoms with Crippen LogP contribution in [0.2, 0.25) is 0 Å². The Morgan fingerprint density at radius 2 is 2.12 bits per heavy atom. The van der Waals surface area contributed by atoms with Crippen molar-refractivity contribution in [2.24, 2.45) is 0 Å². The first kappa shape index (κ1) is 10.8. The molecule has 0 amide bonds. The van der Waals surface area contributed by atoms with Gasteiger partial charge in [0.15, 0.2) is 0 Å². The second-order valence-corrected chi connectivity index (χ2v) is 4.37. The van der Waals surface area contributed by atoms with E-state index in [2.05, 4.69) is 11.4 Å². The zero-order chi connectivity index (χ0) is 11.4. The van der Waals surface area contributed by atoms with Crippen LogP contribution in [0.4, 0.5) is 11.4 Å². The van der Waals surface area contributed by atoms with E-state index in [1.807, 2.05) is 18.2 Å². The number of nitrogens with zero attached hydrogens (tertiary/aromatic N) is 1. The van der Waals surface area contributed by atoms with Crippen LogP contribution in [-0.4, -0.2) is 6.04 Å². The molecule has 1 aromatic carbocycles. The highest BCUT2D eigenvalue weighted by atomic mass is 14.9. The van der Waals surface area contributed by atoms with Gasteiger partial charge in [-0.15, -0.1) is 0 Å². The standard InChI is InChI=1S/C13H17N3/c14-8-7-10-9-12(5-6-13(10)15)16-11-3-1-2-4-11/h5-6,9,11,16H,1-4,7,15H2. The molecule has 84 valence electrons. The molecule has 3 heteroatoms. The van der Waals surface area contributed by atoms with E-state index in [1.165, 1.54) is 25.7 Å². The largest absolute Gasteiger partial charge is 0.398 e. The van der Waals surface area contributed by atoms with Gasteiger partial charge in [-0.2, -0.15) is 5.26 Å². The maximum absolute atomic E-state index is 8.69. The lowest BCUT2D eigenvalue weighted by atomic mass is 10.1. The molecule has 0 spiro atoms. The molecule has 0 atom stereocenters. The van der Waals surface area contributed by atoms with E-state index in [0.717, 1.165) is 11.3 Å². The van der Waals surface area contributed by atoms with Crippen LogP contribution in [0.25, 0.3) is 0 Å². The fourth-order valence-electron chi connectivity index (χ4n) is 2.24. The third kappa shape index (κ3) is 2.46. The molecule has 1 aromatic rings. The van der Waals surface area contributed by atoms with E-state index < -0.39 is 0 Å². The molecule has 3 N–H and O–H groups in total. The van der Waals surface area contributed by atoms with E-state index in [-0.39, 0.29) is 0 Å². The molecule has 0 bridgehead atoms. The van der Waals surface area contributed by atoms with E-state index >= 15 is 0 Å². The Labute approximate surface area is 96.3 Å². The quantitative estimate of drug-likeness (QED) is 0.762. The minimum Gasteiger partial charge on any atom is -0.398 e. The molecular weight excluding hydrogens is 198 g/mol. The fourth-order valence-corrected chi connectivity index (χ4v) is 2.24. The Hall–Kier alpha value is -1.69. The van der Waals surface area contributed by atoms with Crippen LogP contribution in [-0.2, 0) is 6.42 Å². The normalized spacial score (nSPS) is 15.9. The Bertz CT molecular complexity index is 400. The summed E-state index contributed by atoms with van der Waals surface area (Å²) < 4.78 is 0. The Morgan fingerprint density at radius 1 is 1.38 bits per heavy atom. The summed E-state index contributed by atoms with van der Waals surface area (Å²) in [5, 5.41) is 12.2. The summed E-state index contributed by atoms with van der Waals surface area (Å²) in [6.07, 6.45) is 5.51. The topological polar surface area (TPSA) is 61.8 Å². The van der Waals surface area contributed by atoms with Crippen molar-refractivity contribution in [3.05, 3.63) is 23.8 Å². The van der Waals surface area contributed by atoms with Crippen LogP contribution < -0.4 is 11.1 Å². The number of anilines is 2. The molecular formula is C13H17N3. The van der Waals surface area contributed by atoms with Crippen LogP contribution in [0.5, 0.6) is 0 Å². The van der Waals surface area contributed by atoms with Crippen molar-refractivity contribution in [3.63, 3.8) is 0 Å². The first-order valence-electron chi connectivity index (χ1n) is 5.81. The number of nitriles is 1. The zero-order valence-corrected chi connectivity index (χ0v) is 9.37. The van der Waals surface area contributed by atoms with E-state index in [9.17, 15) is 0 Å². The molecule has 3 nitrogen and oxygen atoms in total. The minimum atomic E-state index is 0.381. The van der Waals surface area contributed by atoms with Crippen molar-refractivity contribution in [1.29, 1.82) is 5.26 Å². The van der Waals surface area contributed by atoms with Gasteiger partial charge in [-0.1, -0.05) is 12.8 Å². The highest BCUT2D eigenvalue weighted by Crippen LogP contribution is 2.24. The van der Waals surface area contributed by atoms with Gasteiger partial charge < -0.3 is 11.1 Å². The molecule has 0 saturated heterocycles. The van der Waals surface area contributed by atoms with Crippen molar-refractivity contribution >= 4 is 11.4 Å². The van der Waals surface area contributed by atoms with Crippen molar-refractivity contribution in [2.45, 2.75) is 38.1 Å². The van der Waals surface area contributed by atoms with E-state index in [0.29, 0.717) is 18.2 Å². The molecule has 1 aliphatic rings. The molecule has 1 saturated carbocycles. The third-order valence-corrected chi connectivity index (χ3v) is 3.14. The van der Waals surface area contributed by atoms with Crippen LogP contribution in [0, 0.1) is 11.3 Å². The van der Waals surface area contributed by atoms with E-state index in [1.54, 1.807) is 0 Å². The maximum Gasteiger partial charge on any atom is 0.0670 e. The van der Waals surface area contributed by atoms with Crippen molar-refractivity contribution in [1.82, 2.24) is 0 Å². The summed E-state index contributed by atoms with van der Waals surface area (Å²) in [5.41, 5.74) is 8.52. The second-order valence-electron chi connectivity index (χ2n) is 4.37. The fraction of sp³-hybridized carbons (Fsp3) is 0.462.